The smallest absolute Gasteiger partial charge is 0.168 e. The van der Waals surface area contributed by atoms with Crippen LogP contribution in [0.4, 0.5) is 0 Å². The Hall–Kier alpha value is -1.77. The standard InChI is InChI=1S/C10H10N2O/c1-3-10-11-8-6-4-5-7-9(8)12(10)13-2/h3-7H,1H2,2H3. The minimum atomic E-state index is 0.726. The maximum atomic E-state index is 5.17. The summed E-state index contributed by atoms with van der Waals surface area (Å²) >= 11 is 0. The second-order valence-electron chi connectivity index (χ2n) is 2.64. The predicted molar refractivity (Wildman–Crippen MR) is 52.3 cm³/mol. The van der Waals surface area contributed by atoms with Crippen LogP contribution in [0.15, 0.2) is 30.8 Å². The van der Waals surface area contributed by atoms with E-state index in [0.717, 1.165) is 16.9 Å². The molecular formula is C10H10N2O. The van der Waals surface area contributed by atoms with Crippen LogP contribution in [0.1, 0.15) is 5.82 Å². The maximum Gasteiger partial charge on any atom is 0.168 e. The Morgan fingerprint density at radius 1 is 1.46 bits per heavy atom. The van der Waals surface area contributed by atoms with Gasteiger partial charge in [0.25, 0.3) is 0 Å². The first-order chi connectivity index (χ1) is 6.36. The van der Waals surface area contributed by atoms with Crippen LogP contribution in [0.3, 0.4) is 0 Å². The molecule has 2 aromatic rings. The van der Waals surface area contributed by atoms with E-state index in [-0.39, 0.29) is 0 Å². The first-order valence-corrected chi connectivity index (χ1v) is 4.01. The molecule has 0 atom stereocenters. The van der Waals surface area contributed by atoms with Crippen LogP contribution >= 0.6 is 0 Å². The molecule has 0 saturated carbocycles. The van der Waals surface area contributed by atoms with Gasteiger partial charge in [0.15, 0.2) is 5.82 Å². The highest BCUT2D eigenvalue weighted by atomic mass is 16.6. The van der Waals surface area contributed by atoms with Crippen LogP contribution in [0.5, 0.6) is 0 Å². The van der Waals surface area contributed by atoms with Gasteiger partial charge >= 0.3 is 0 Å². The van der Waals surface area contributed by atoms with Gasteiger partial charge in [0.05, 0.1) is 5.52 Å². The lowest BCUT2D eigenvalue weighted by atomic mass is 10.3. The minimum Gasteiger partial charge on any atom is -0.415 e. The van der Waals surface area contributed by atoms with Crippen LogP contribution < -0.4 is 4.84 Å². The van der Waals surface area contributed by atoms with Crippen molar-refractivity contribution in [3.05, 3.63) is 36.7 Å². The molecular weight excluding hydrogens is 164 g/mol. The molecule has 66 valence electrons. The number of aromatic nitrogens is 2. The number of hydrogen-bond acceptors (Lipinski definition) is 2. The molecule has 0 aliphatic carbocycles. The number of rotatable bonds is 2. The van der Waals surface area contributed by atoms with Crippen molar-refractivity contribution in [2.45, 2.75) is 0 Å². The average molecular weight is 174 g/mol. The summed E-state index contributed by atoms with van der Waals surface area (Å²) in [5, 5.41) is 0. The Labute approximate surface area is 76.2 Å². The summed E-state index contributed by atoms with van der Waals surface area (Å²) < 4.78 is 1.66. The Balaban J connectivity index is 2.81. The zero-order chi connectivity index (χ0) is 9.26. The normalized spacial score (nSPS) is 10.2. The van der Waals surface area contributed by atoms with Crippen molar-refractivity contribution in [1.82, 2.24) is 9.71 Å². The Kier molecular flexibility index (Phi) is 1.77. The van der Waals surface area contributed by atoms with E-state index in [1.165, 1.54) is 0 Å². The van der Waals surface area contributed by atoms with E-state index >= 15 is 0 Å². The van der Waals surface area contributed by atoms with Gasteiger partial charge in [-0.1, -0.05) is 18.7 Å². The lowest BCUT2D eigenvalue weighted by Gasteiger charge is -2.02. The van der Waals surface area contributed by atoms with Crippen LogP contribution in [-0.2, 0) is 0 Å². The van der Waals surface area contributed by atoms with Gasteiger partial charge in [-0.15, -0.1) is 0 Å². The van der Waals surface area contributed by atoms with Crippen molar-refractivity contribution < 1.29 is 4.84 Å². The third-order valence-electron chi connectivity index (χ3n) is 1.91. The second-order valence-corrected chi connectivity index (χ2v) is 2.64. The molecule has 0 saturated heterocycles. The van der Waals surface area contributed by atoms with Gasteiger partial charge in [-0.25, -0.2) is 4.98 Å². The molecule has 0 N–H and O–H groups in total. The fourth-order valence-corrected chi connectivity index (χ4v) is 1.34. The third kappa shape index (κ3) is 1.09. The lowest BCUT2D eigenvalue weighted by molar-refractivity contribution is 0.175. The summed E-state index contributed by atoms with van der Waals surface area (Å²) in [5.74, 6) is 0.726. The molecule has 0 fully saturated rings. The van der Waals surface area contributed by atoms with Crippen LogP contribution in [-0.4, -0.2) is 16.8 Å². The Morgan fingerprint density at radius 3 is 2.92 bits per heavy atom. The highest BCUT2D eigenvalue weighted by Gasteiger charge is 2.06. The van der Waals surface area contributed by atoms with Crippen molar-refractivity contribution in [1.29, 1.82) is 0 Å². The molecule has 0 spiro atoms. The van der Waals surface area contributed by atoms with E-state index in [4.69, 9.17) is 4.84 Å². The van der Waals surface area contributed by atoms with E-state index in [1.54, 1.807) is 17.9 Å². The zero-order valence-corrected chi connectivity index (χ0v) is 7.40. The molecule has 0 unspecified atom stereocenters. The van der Waals surface area contributed by atoms with Crippen molar-refractivity contribution in [2.75, 3.05) is 7.11 Å². The van der Waals surface area contributed by atoms with E-state index in [1.807, 2.05) is 24.3 Å². The topological polar surface area (TPSA) is 27.1 Å². The van der Waals surface area contributed by atoms with Gasteiger partial charge in [-0.05, 0) is 18.2 Å². The Morgan fingerprint density at radius 2 is 2.23 bits per heavy atom. The monoisotopic (exact) mass is 174 g/mol. The summed E-state index contributed by atoms with van der Waals surface area (Å²) in [6.07, 6.45) is 1.67. The first kappa shape index (κ1) is 7.86. The van der Waals surface area contributed by atoms with E-state index < -0.39 is 0 Å². The number of fused-ring (bicyclic) bond motifs is 1. The molecule has 13 heavy (non-hydrogen) atoms. The molecule has 0 aliphatic heterocycles. The highest BCUT2D eigenvalue weighted by Crippen LogP contribution is 2.14. The predicted octanol–water partition coefficient (Wildman–Crippen LogP) is 1.74. The van der Waals surface area contributed by atoms with Crippen molar-refractivity contribution in [2.24, 2.45) is 0 Å². The summed E-state index contributed by atoms with van der Waals surface area (Å²) in [7, 11) is 1.61. The van der Waals surface area contributed by atoms with Gasteiger partial charge < -0.3 is 4.84 Å². The summed E-state index contributed by atoms with van der Waals surface area (Å²) in [4.78, 5) is 9.49. The van der Waals surface area contributed by atoms with Crippen LogP contribution in [0.2, 0.25) is 0 Å². The Bertz CT molecular complexity index is 445. The fraction of sp³-hybridized carbons (Fsp3) is 0.100. The highest BCUT2D eigenvalue weighted by molar-refractivity contribution is 5.77. The number of nitrogens with zero attached hydrogens (tertiary/aromatic N) is 2. The molecule has 3 nitrogen and oxygen atoms in total. The summed E-state index contributed by atoms with van der Waals surface area (Å²) in [6, 6.07) is 7.80. The second kappa shape index (κ2) is 2.94. The first-order valence-electron chi connectivity index (χ1n) is 4.01. The van der Waals surface area contributed by atoms with Crippen molar-refractivity contribution >= 4 is 17.1 Å². The average Bonchev–Trinajstić information content (AvgIpc) is 2.55. The number of benzene rings is 1. The van der Waals surface area contributed by atoms with Crippen molar-refractivity contribution in [3.8, 4) is 0 Å². The quantitative estimate of drug-likeness (QED) is 0.693. The number of imidazole rings is 1. The van der Waals surface area contributed by atoms with Gasteiger partial charge in [0.2, 0.25) is 0 Å². The fourth-order valence-electron chi connectivity index (χ4n) is 1.34. The molecule has 0 bridgehead atoms. The van der Waals surface area contributed by atoms with Crippen molar-refractivity contribution in [3.63, 3.8) is 0 Å². The number of para-hydroxylation sites is 2. The van der Waals surface area contributed by atoms with E-state index in [0.29, 0.717) is 0 Å². The molecule has 0 aliphatic rings. The lowest BCUT2D eigenvalue weighted by Crippen LogP contribution is -2.06. The largest absolute Gasteiger partial charge is 0.415 e. The van der Waals surface area contributed by atoms with Crippen LogP contribution in [0.25, 0.3) is 17.1 Å². The summed E-state index contributed by atoms with van der Waals surface area (Å²) in [6.45, 7) is 3.67. The summed E-state index contributed by atoms with van der Waals surface area (Å²) in [5.41, 5.74) is 1.87. The van der Waals surface area contributed by atoms with E-state index in [2.05, 4.69) is 11.6 Å². The zero-order valence-electron chi connectivity index (χ0n) is 7.40. The molecule has 0 radical (unpaired) electrons. The van der Waals surface area contributed by atoms with Gasteiger partial charge in [0, 0.05) is 0 Å². The molecule has 2 rings (SSSR count). The third-order valence-corrected chi connectivity index (χ3v) is 1.91. The molecule has 3 heteroatoms. The minimum absolute atomic E-state index is 0.726. The maximum absolute atomic E-state index is 5.17. The SMILES string of the molecule is C=Cc1nc2ccccc2n1OC. The molecule has 0 amide bonds. The van der Waals surface area contributed by atoms with Gasteiger partial charge in [0.1, 0.15) is 12.6 Å². The molecule has 1 heterocycles. The molecule has 1 aromatic carbocycles. The number of hydrogen-bond donors (Lipinski definition) is 0. The van der Waals surface area contributed by atoms with E-state index in [9.17, 15) is 0 Å². The van der Waals surface area contributed by atoms with Gasteiger partial charge in [-0.2, -0.15) is 4.73 Å². The van der Waals surface area contributed by atoms with Crippen LogP contribution in [0, 0.1) is 0 Å². The molecule has 1 aromatic heterocycles. The van der Waals surface area contributed by atoms with Gasteiger partial charge in [-0.3, -0.25) is 0 Å².